The number of ether oxygens (including phenoxy) is 1. The van der Waals surface area contributed by atoms with Crippen molar-refractivity contribution < 1.29 is 9.53 Å². The number of aromatic nitrogens is 2. The van der Waals surface area contributed by atoms with Crippen LogP contribution in [-0.2, 0) is 13.2 Å². The molecule has 0 fully saturated rings. The van der Waals surface area contributed by atoms with E-state index in [0.29, 0.717) is 18.8 Å². The third-order valence-electron chi connectivity index (χ3n) is 4.65. The third kappa shape index (κ3) is 5.67. The fourth-order valence-electron chi connectivity index (χ4n) is 3.05. The van der Waals surface area contributed by atoms with Gasteiger partial charge in [-0.2, -0.15) is 0 Å². The highest BCUT2D eigenvalue weighted by Gasteiger charge is 2.07. The average molecular weight is 410 g/mol. The summed E-state index contributed by atoms with van der Waals surface area (Å²) in [5.74, 6) is 0.776. The maximum atomic E-state index is 12.1. The van der Waals surface area contributed by atoms with E-state index in [4.69, 9.17) is 4.74 Å². The Kier molecular flexibility index (Phi) is 6.50. The predicted molar refractivity (Wildman–Crippen MR) is 121 cm³/mol. The van der Waals surface area contributed by atoms with Crippen molar-refractivity contribution in [1.82, 2.24) is 15.3 Å². The fraction of sp³-hybridized carbons (Fsp3) is 0.0800. The average Bonchev–Trinajstić information content (AvgIpc) is 2.84. The van der Waals surface area contributed by atoms with E-state index >= 15 is 0 Å². The lowest BCUT2D eigenvalue weighted by Crippen LogP contribution is -2.28. The van der Waals surface area contributed by atoms with Crippen molar-refractivity contribution in [2.75, 3.05) is 5.32 Å². The number of carbonyl (C=O) groups excluding carboxylic acids is 1. The van der Waals surface area contributed by atoms with Crippen LogP contribution in [0.3, 0.4) is 0 Å². The first-order valence-corrected chi connectivity index (χ1v) is 9.93. The Bertz CT molecular complexity index is 1120. The summed E-state index contributed by atoms with van der Waals surface area (Å²) in [4.78, 5) is 20.3. The first-order valence-electron chi connectivity index (χ1n) is 9.93. The van der Waals surface area contributed by atoms with Crippen molar-refractivity contribution in [3.8, 4) is 16.9 Å². The van der Waals surface area contributed by atoms with Gasteiger partial charge < -0.3 is 15.4 Å². The molecule has 0 spiro atoms. The van der Waals surface area contributed by atoms with Gasteiger partial charge in [0.15, 0.2) is 0 Å². The van der Waals surface area contributed by atoms with Crippen molar-refractivity contribution >= 4 is 11.7 Å². The molecule has 2 N–H and O–H groups in total. The van der Waals surface area contributed by atoms with E-state index in [1.807, 2.05) is 79.0 Å². The zero-order chi connectivity index (χ0) is 21.3. The van der Waals surface area contributed by atoms with Gasteiger partial charge in [-0.1, -0.05) is 48.5 Å². The molecular formula is C25H22N4O2. The van der Waals surface area contributed by atoms with E-state index in [1.54, 1.807) is 18.6 Å². The summed E-state index contributed by atoms with van der Waals surface area (Å²) in [5, 5.41) is 5.63. The maximum absolute atomic E-state index is 12.1. The highest BCUT2D eigenvalue weighted by atomic mass is 16.5. The summed E-state index contributed by atoms with van der Waals surface area (Å²) < 4.78 is 6.04. The van der Waals surface area contributed by atoms with Gasteiger partial charge >= 0.3 is 6.03 Å². The zero-order valence-corrected chi connectivity index (χ0v) is 16.9. The second kappa shape index (κ2) is 10.0. The van der Waals surface area contributed by atoms with Gasteiger partial charge in [0.2, 0.25) is 0 Å². The molecule has 2 aromatic heterocycles. The van der Waals surface area contributed by atoms with Gasteiger partial charge in [0.25, 0.3) is 0 Å². The number of hydrogen-bond acceptors (Lipinski definition) is 4. The number of hydrogen-bond donors (Lipinski definition) is 2. The summed E-state index contributed by atoms with van der Waals surface area (Å²) in [6.07, 6.45) is 6.95. The Balaban J connectivity index is 1.32. The molecule has 0 unspecified atom stereocenters. The summed E-state index contributed by atoms with van der Waals surface area (Å²) in [5.41, 5.74) is 4.66. The minimum absolute atomic E-state index is 0.267. The van der Waals surface area contributed by atoms with Gasteiger partial charge in [-0.3, -0.25) is 9.97 Å². The minimum atomic E-state index is -0.267. The molecule has 0 atom stereocenters. The van der Waals surface area contributed by atoms with Crippen LogP contribution in [0.15, 0.2) is 97.6 Å². The van der Waals surface area contributed by atoms with Gasteiger partial charge in [0, 0.05) is 42.6 Å². The Hall–Kier alpha value is -4.19. The van der Waals surface area contributed by atoms with Gasteiger partial charge in [0.1, 0.15) is 12.4 Å². The highest BCUT2D eigenvalue weighted by Crippen LogP contribution is 2.29. The number of carbonyl (C=O) groups is 1. The maximum Gasteiger partial charge on any atom is 0.319 e. The second-order valence-corrected chi connectivity index (χ2v) is 6.89. The number of pyridine rings is 2. The number of nitrogens with one attached hydrogen (secondary N) is 2. The Morgan fingerprint density at radius 3 is 2.39 bits per heavy atom. The van der Waals surface area contributed by atoms with E-state index in [2.05, 4.69) is 20.6 Å². The number of benzene rings is 2. The monoisotopic (exact) mass is 410 g/mol. The summed E-state index contributed by atoms with van der Waals surface area (Å²) in [7, 11) is 0. The standard InChI is InChI=1S/C25H22N4O2/c30-25(28-16-20-5-4-13-26-15-20)29-22-10-8-19(9-11-22)18-31-24-12-14-27-17-23(24)21-6-2-1-3-7-21/h1-15,17H,16,18H2,(H2,28,29,30). The molecule has 0 radical (unpaired) electrons. The molecule has 2 amide bonds. The number of amides is 2. The predicted octanol–water partition coefficient (Wildman–Crippen LogP) is 5.04. The van der Waals surface area contributed by atoms with Gasteiger partial charge in [-0.25, -0.2) is 4.79 Å². The summed E-state index contributed by atoms with van der Waals surface area (Å²) in [6, 6.07) is 22.9. The number of urea groups is 1. The van der Waals surface area contributed by atoms with Crippen molar-refractivity contribution in [2.24, 2.45) is 0 Å². The first-order chi connectivity index (χ1) is 15.3. The Morgan fingerprint density at radius 2 is 1.61 bits per heavy atom. The van der Waals surface area contributed by atoms with Crippen LogP contribution in [0.2, 0.25) is 0 Å². The van der Waals surface area contributed by atoms with Gasteiger partial charge in [-0.05, 0) is 41.0 Å². The summed E-state index contributed by atoms with van der Waals surface area (Å²) >= 11 is 0. The highest BCUT2D eigenvalue weighted by molar-refractivity contribution is 5.89. The lowest BCUT2D eigenvalue weighted by Gasteiger charge is -2.12. The van der Waals surface area contributed by atoms with Crippen LogP contribution >= 0.6 is 0 Å². The van der Waals surface area contributed by atoms with Crippen molar-refractivity contribution in [2.45, 2.75) is 13.2 Å². The normalized spacial score (nSPS) is 10.3. The molecule has 6 heteroatoms. The topological polar surface area (TPSA) is 76.1 Å². The van der Waals surface area contributed by atoms with Crippen LogP contribution in [-0.4, -0.2) is 16.0 Å². The van der Waals surface area contributed by atoms with Gasteiger partial charge in [-0.15, -0.1) is 0 Å². The molecule has 0 saturated heterocycles. The van der Waals surface area contributed by atoms with E-state index in [-0.39, 0.29) is 6.03 Å². The molecule has 6 nitrogen and oxygen atoms in total. The second-order valence-electron chi connectivity index (χ2n) is 6.89. The van der Waals surface area contributed by atoms with E-state index in [9.17, 15) is 4.79 Å². The molecule has 0 aliphatic rings. The first kappa shape index (κ1) is 20.1. The minimum Gasteiger partial charge on any atom is -0.488 e. The number of nitrogens with zero attached hydrogens (tertiary/aromatic N) is 2. The molecule has 4 rings (SSSR count). The van der Waals surface area contributed by atoms with Crippen LogP contribution < -0.4 is 15.4 Å². The lowest BCUT2D eigenvalue weighted by atomic mass is 10.1. The third-order valence-corrected chi connectivity index (χ3v) is 4.65. The molecule has 2 heterocycles. The molecule has 0 bridgehead atoms. The van der Waals surface area contributed by atoms with Crippen molar-refractivity contribution in [3.05, 3.63) is 109 Å². The SMILES string of the molecule is O=C(NCc1cccnc1)Nc1ccc(COc2ccncc2-c2ccccc2)cc1. The fourth-order valence-corrected chi connectivity index (χ4v) is 3.05. The molecule has 0 aliphatic heterocycles. The van der Waals surface area contributed by atoms with Crippen LogP contribution in [0.4, 0.5) is 10.5 Å². The van der Waals surface area contributed by atoms with Gasteiger partial charge in [0.05, 0.1) is 0 Å². The van der Waals surface area contributed by atoms with E-state index in [1.165, 1.54) is 0 Å². The molecule has 31 heavy (non-hydrogen) atoms. The zero-order valence-electron chi connectivity index (χ0n) is 16.9. The van der Waals surface area contributed by atoms with Crippen LogP contribution in [0.25, 0.3) is 11.1 Å². The number of anilines is 1. The quantitative estimate of drug-likeness (QED) is 0.447. The smallest absolute Gasteiger partial charge is 0.319 e. The Morgan fingerprint density at radius 1 is 0.806 bits per heavy atom. The molecule has 4 aromatic rings. The lowest BCUT2D eigenvalue weighted by molar-refractivity contribution is 0.251. The van der Waals surface area contributed by atoms with Crippen LogP contribution in [0.1, 0.15) is 11.1 Å². The summed E-state index contributed by atoms with van der Waals surface area (Å²) in [6.45, 7) is 0.832. The Labute approximate surface area is 181 Å². The van der Waals surface area contributed by atoms with E-state index < -0.39 is 0 Å². The molecule has 0 aliphatic carbocycles. The number of rotatable bonds is 7. The largest absolute Gasteiger partial charge is 0.488 e. The van der Waals surface area contributed by atoms with Crippen molar-refractivity contribution in [1.29, 1.82) is 0 Å². The molecule has 154 valence electrons. The van der Waals surface area contributed by atoms with Crippen molar-refractivity contribution in [3.63, 3.8) is 0 Å². The van der Waals surface area contributed by atoms with Crippen LogP contribution in [0, 0.1) is 0 Å². The van der Waals surface area contributed by atoms with E-state index in [0.717, 1.165) is 28.0 Å². The molecule has 2 aromatic carbocycles. The molecular weight excluding hydrogens is 388 g/mol. The van der Waals surface area contributed by atoms with Crippen LogP contribution in [0.5, 0.6) is 5.75 Å². The molecule has 0 saturated carbocycles.